The highest BCUT2D eigenvalue weighted by atomic mass is 35.5. The summed E-state index contributed by atoms with van der Waals surface area (Å²) in [4.78, 5) is 0. The molecule has 1 N–H and O–H groups in total. The summed E-state index contributed by atoms with van der Waals surface area (Å²) >= 11 is 9.94. The van der Waals surface area contributed by atoms with Gasteiger partial charge < -0.3 is 5.11 Å². The Morgan fingerprint density at radius 2 is 1.93 bits per heavy atom. The van der Waals surface area contributed by atoms with Crippen molar-refractivity contribution in [1.29, 1.82) is 0 Å². The zero-order valence-electron chi connectivity index (χ0n) is 6.65. The van der Waals surface area contributed by atoms with E-state index in [-0.39, 0.29) is 5.02 Å². The molecule has 1 unspecified atom stereocenters. The molecule has 1 aromatic carbocycles. The van der Waals surface area contributed by atoms with E-state index >= 15 is 0 Å². The zero-order valence-corrected chi connectivity index (χ0v) is 8.16. The highest BCUT2D eigenvalue weighted by molar-refractivity contribution is 6.30. The van der Waals surface area contributed by atoms with E-state index in [1.165, 1.54) is 6.07 Å². The molecule has 0 spiro atoms. The Morgan fingerprint density at radius 3 is 2.36 bits per heavy atom. The van der Waals surface area contributed by atoms with Crippen molar-refractivity contribution in [3.8, 4) is 0 Å². The van der Waals surface area contributed by atoms with Crippen molar-refractivity contribution in [2.75, 3.05) is 0 Å². The van der Waals surface area contributed by atoms with Crippen molar-refractivity contribution in [3.63, 3.8) is 0 Å². The van der Waals surface area contributed by atoms with E-state index in [1.54, 1.807) is 0 Å². The lowest BCUT2D eigenvalue weighted by atomic mass is 10.1. The molecular formula is C8H5Cl2F3O. The van der Waals surface area contributed by atoms with Crippen LogP contribution in [0.4, 0.5) is 13.2 Å². The number of aliphatic hydroxyl groups is 1. The standard InChI is InChI=1S/C8H5Cl2F3O/c9-4-1-2-5(6(11)3-4)7(14)8(10,12)13/h1-3,7,14H. The Kier molecular flexibility index (Phi) is 3.29. The van der Waals surface area contributed by atoms with Crippen LogP contribution in [0.15, 0.2) is 18.2 Å². The number of rotatable bonds is 2. The second kappa shape index (κ2) is 3.96. The van der Waals surface area contributed by atoms with Crippen molar-refractivity contribution in [3.05, 3.63) is 34.6 Å². The predicted octanol–water partition coefficient (Wildman–Crippen LogP) is 3.34. The maximum Gasteiger partial charge on any atom is 0.351 e. The minimum atomic E-state index is -3.91. The Labute approximate surface area is 88.1 Å². The maximum absolute atomic E-state index is 13.0. The summed E-state index contributed by atoms with van der Waals surface area (Å²) in [6.45, 7) is 0. The van der Waals surface area contributed by atoms with Gasteiger partial charge in [0.05, 0.1) is 0 Å². The predicted molar refractivity (Wildman–Crippen MR) is 47.2 cm³/mol. The number of hydrogen-bond donors (Lipinski definition) is 1. The molecule has 1 nitrogen and oxygen atoms in total. The first-order chi connectivity index (χ1) is 6.32. The fourth-order valence-corrected chi connectivity index (χ4v) is 1.18. The monoisotopic (exact) mass is 244 g/mol. The molecule has 14 heavy (non-hydrogen) atoms. The molecule has 0 aliphatic carbocycles. The van der Waals surface area contributed by atoms with Crippen LogP contribution in [0.3, 0.4) is 0 Å². The molecule has 0 aliphatic rings. The third-order valence-corrected chi connectivity index (χ3v) is 2.01. The fraction of sp³-hybridized carbons (Fsp3) is 0.250. The molecule has 0 bridgehead atoms. The van der Waals surface area contributed by atoms with Crippen LogP contribution in [0.5, 0.6) is 0 Å². The molecule has 0 fully saturated rings. The van der Waals surface area contributed by atoms with Gasteiger partial charge in [-0.2, -0.15) is 8.78 Å². The minimum absolute atomic E-state index is 0.0522. The summed E-state index contributed by atoms with van der Waals surface area (Å²) in [5.74, 6) is -1.02. The van der Waals surface area contributed by atoms with Crippen LogP contribution in [0, 0.1) is 5.82 Å². The van der Waals surface area contributed by atoms with E-state index in [9.17, 15) is 13.2 Å². The summed E-state index contributed by atoms with van der Waals surface area (Å²) in [6.07, 6.45) is -2.39. The molecule has 1 aromatic rings. The van der Waals surface area contributed by atoms with Crippen LogP contribution in [-0.4, -0.2) is 10.5 Å². The van der Waals surface area contributed by atoms with Gasteiger partial charge in [-0.15, -0.1) is 0 Å². The first-order valence-electron chi connectivity index (χ1n) is 3.52. The van der Waals surface area contributed by atoms with E-state index in [4.69, 9.17) is 16.7 Å². The number of benzene rings is 1. The first kappa shape index (κ1) is 11.6. The lowest BCUT2D eigenvalue weighted by molar-refractivity contribution is -0.0441. The van der Waals surface area contributed by atoms with Crippen LogP contribution in [0.2, 0.25) is 5.02 Å². The number of halogens is 5. The highest BCUT2D eigenvalue weighted by Gasteiger charge is 2.38. The van der Waals surface area contributed by atoms with Crippen LogP contribution in [-0.2, 0) is 0 Å². The molecule has 0 saturated heterocycles. The topological polar surface area (TPSA) is 20.2 Å². The summed E-state index contributed by atoms with van der Waals surface area (Å²) in [5.41, 5.74) is -0.589. The van der Waals surface area contributed by atoms with Gasteiger partial charge in [0.25, 0.3) is 0 Å². The van der Waals surface area contributed by atoms with E-state index < -0.39 is 22.9 Å². The second-order valence-electron chi connectivity index (χ2n) is 2.61. The van der Waals surface area contributed by atoms with Crippen molar-refractivity contribution < 1.29 is 18.3 Å². The largest absolute Gasteiger partial charge is 0.381 e. The van der Waals surface area contributed by atoms with Crippen molar-refractivity contribution in [2.24, 2.45) is 0 Å². The van der Waals surface area contributed by atoms with Gasteiger partial charge in [0.2, 0.25) is 0 Å². The van der Waals surface area contributed by atoms with E-state index in [2.05, 4.69) is 11.6 Å². The normalized spacial score (nSPS) is 14.1. The number of aliphatic hydroxyl groups excluding tert-OH is 1. The highest BCUT2D eigenvalue weighted by Crippen LogP contribution is 2.36. The first-order valence-corrected chi connectivity index (χ1v) is 4.27. The Morgan fingerprint density at radius 1 is 1.36 bits per heavy atom. The SMILES string of the molecule is OC(c1ccc(Cl)cc1F)C(F)(F)Cl. The minimum Gasteiger partial charge on any atom is -0.381 e. The number of alkyl halides is 3. The summed E-state index contributed by atoms with van der Waals surface area (Å²) in [5, 5.41) is 5.11. The maximum atomic E-state index is 13.0. The third kappa shape index (κ3) is 2.53. The number of hydrogen-bond acceptors (Lipinski definition) is 1. The van der Waals surface area contributed by atoms with Crippen LogP contribution < -0.4 is 0 Å². The van der Waals surface area contributed by atoms with Crippen molar-refractivity contribution in [2.45, 2.75) is 11.5 Å². The van der Waals surface area contributed by atoms with E-state index in [1.807, 2.05) is 0 Å². The molecule has 0 saturated carbocycles. The molecule has 78 valence electrons. The van der Waals surface area contributed by atoms with Crippen LogP contribution in [0.1, 0.15) is 11.7 Å². The van der Waals surface area contributed by atoms with Gasteiger partial charge in [0, 0.05) is 10.6 Å². The molecule has 1 atom stereocenters. The van der Waals surface area contributed by atoms with Crippen molar-refractivity contribution in [1.82, 2.24) is 0 Å². The van der Waals surface area contributed by atoms with Gasteiger partial charge in [0.15, 0.2) is 6.10 Å². The second-order valence-corrected chi connectivity index (χ2v) is 3.55. The molecule has 0 aromatic heterocycles. The molecule has 0 amide bonds. The Bertz CT molecular complexity index is 338. The van der Waals surface area contributed by atoms with Gasteiger partial charge in [0.1, 0.15) is 5.82 Å². The van der Waals surface area contributed by atoms with Gasteiger partial charge in [-0.05, 0) is 23.7 Å². The molecule has 1 rings (SSSR count). The summed E-state index contributed by atoms with van der Waals surface area (Å²) < 4.78 is 37.8. The van der Waals surface area contributed by atoms with Gasteiger partial charge in [-0.3, -0.25) is 0 Å². The lowest BCUT2D eigenvalue weighted by Crippen LogP contribution is -2.19. The molecule has 0 heterocycles. The zero-order chi connectivity index (χ0) is 10.9. The molecular weight excluding hydrogens is 240 g/mol. The van der Waals surface area contributed by atoms with Crippen LogP contribution >= 0.6 is 23.2 Å². The van der Waals surface area contributed by atoms with Gasteiger partial charge >= 0.3 is 5.38 Å². The van der Waals surface area contributed by atoms with E-state index in [0.717, 1.165) is 12.1 Å². The van der Waals surface area contributed by atoms with Crippen molar-refractivity contribution >= 4 is 23.2 Å². The Balaban J connectivity index is 3.08. The molecule has 6 heteroatoms. The molecule has 0 aliphatic heterocycles. The quantitative estimate of drug-likeness (QED) is 0.792. The average Bonchev–Trinajstić information content (AvgIpc) is 2.01. The smallest absolute Gasteiger partial charge is 0.351 e. The summed E-state index contributed by atoms with van der Waals surface area (Å²) in [7, 11) is 0. The van der Waals surface area contributed by atoms with Gasteiger partial charge in [-0.1, -0.05) is 17.7 Å². The van der Waals surface area contributed by atoms with Crippen LogP contribution in [0.25, 0.3) is 0 Å². The van der Waals surface area contributed by atoms with E-state index in [0.29, 0.717) is 0 Å². The Hall–Kier alpha value is -0.450. The summed E-state index contributed by atoms with van der Waals surface area (Å²) in [6, 6.07) is 2.97. The third-order valence-electron chi connectivity index (χ3n) is 1.57. The fourth-order valence-electron chi connectivity index (χ4n) is 0.900. The molecule has 0 radical (unpaired) electrons. The lowest BCUT2D eigenvalue weighted by Gasteiger charge is -2.16. The average molecular weight is 245 g/mol. The van der Waals surface area contributed by atoms with Gasteiger partial charge in [-0.25, -0.2) is 4.39 Å².